The number of imidazole rings is 1. The Morgan fingerprint density at radius 2 is 1.90 bits per heavy atom. The zero-order valence-corrected chi connectivity index (χ0v) is 25.3. The highest BCUT2D eigenvalue weighted by Crippen LogP contribution is 2.46. The lowest BCUT2D eigenvalue weighted by Gasteiger charge is -2.42. The number of pyridine rings is 1. The fraction of sp³-hybridized carbons (Fsp3) is 0.515. The van der Waals surface area contributed by atoms with E-state index in [-0.39, 0.29) is 23.9 Å². The van der Waals surface area contributed by atoms with Crippen LogP contribution in [0.4, 0.5) is 14.6 Å². The molecule has 2 aromatic heterocycles. The second-order valence-electron chi connectivity index (χ2n) is 11.9. The van der Waals surface area contributed by atoms with Crippen LogP contribution in [0.3, 0.4) is 0 Å². The summed E-state index contributed by atoms with van der Waals surface area (Å²) in [6.07, 6.45) is 9.42. The Labute approximate surface area is 247 Å². The molecule has 9 heteroatoms. The number of allylic oxidation sites excluding steroid dienone is 1. The van der Waals surface area contributed by atoms with Gasteiger partial charge in [-0.25, -0.2) is 18.7 Å². The molecule has 0 amide bonds. The number of piperidine rings is 1. The minimum atomic E-state index is -0.696. The minimum absolute atomic E-state index is 0.00931. The van der Waals surface area contributed by atoms with Gasteiger partial charge in [0.15, 0.2) is 11.6 Å². The van der Waals surface area contributed by atoms with Crippen molar-refractivity contribution in [1.82, 2.24) is 19.4 Å². The van der Waals surface area contributed by atoms with Crippen molar-refractivity contribution in [2.24, 2.45) is 21.8 Å². The highest BCUT2D eigenvalue weighted by molar-refractivity contribution is 6.12. The van der Waals surface area contributed by atoms with Gasteiger partial charge < -0.3 is 14.8 Å². The molecule has 1 N–H and O–H groups in total. The molecule has 0 spiro atoms. The zero-order chi connectivity index (χ0) is 29.8. The Morgan fingerprint density at radius 3 is 2.50 bits per heavy atom. The van der Waals surface area contributed by atoms with Crippen molar-refractivity contribution in [3.8, 4) is 0 Å². The summed E-state index contributed by atoms with van der Waals surface area (Å²) in [4.78, 5) is 19.7. The largest absolute Gasteiger partial charge is 0.351 e. The summed E-state index contributed by atoms with van der Waals surface area (Å²) >= 11 is 0. The van der Waals surface area contributed by atoms with Gasteiger partial charge in [0.25, 0.3) is 0 Å². The van der Waals surface area contributed by atoms with Gasteiger partial charge in [-0.3, -0.25) is 9.98 Å². The molecule has 5 rings (SSSR count). The quantitative estimate of drug-likeness (QED) is 0.241. The Hall–Kier alpha value is -3.46. The van der Waals surface area contributed by atoms with Gasteiger partial charge in [0.2, 0.25) is 0 Å². The molecule has 7 nitrogen and oxygen atoms in total. The number of aliphatic imine (C=N–C) groups is 2. The summed E-state index contributed by atoms with van der Waals surface area (Å²) in [5.41, 5.74) is 2.47. The van der Waals surface area contributed by atoms with Gasteiger partial charge in [-0.2, -0.15) is 0 Å². The van der Waals surface area contributed by atoms with Crippen molar-refractivity contribution in [3.63, 3.8) is 0 Å². The van der Waals surface area contributed by atoms with Crippen LogP contribution in [0.2, 0.25) is 0 Å². The van der Waals surface area contributed by atoms with Crippen LogP contribution in [0.25, 0.3) is 11.0 Å². The average molecular weight is 576 g/mol. The SMILES string of the molecule is C=N/C=C(/F)C(=NCNc1ccc(C(C2CCC2)C2CCN(CC)CC2)cn1)c1cc(F)c2nc(C)n(C(C)C)c2c1. The third-order valence-corrected chi connectivity index (χ3v) is 9.06. The lowest BCUT2D eigenvalue weighted by molar-refractivity contribution is 0.127. The number of aryl methyl sites for hydroxylation is 1. The number of hydrogen-bond acceptors (Lipinski definition) is 6. The van der Waals surface area contributed by atoms with Gasteiger partial charge in [0.05, 0.1) is 11.7 Å². The van der Waals surface area contributed by atoms with Crippen LogP contribution in [0.1, 0.15) is 81.8 Å². The molecule has 3 heterocycles. The summed E-state index contributed by atoms with van der Waals surface area (Å²) in [6, 6.07) is 7.24. The van der Waals surface area contributed by atoms with E-state index < -0.39 is 11.6 Å². The Morgan fingerprint density at radius 1 is 1.17 bits per heavy atom. The first-order valence-corrected chi connectivity index (χ1v) is 15.3. The summed E-state index contributed by atoms with van der Waals surface area (Å²) in [6.45, 7) is 15.0. The fourth-order valence-corrected chi connectivity index (χ4v) is 6.77. The normalized spacial score (nSPS) is 18.5. The Kier molecular flexibility index (Phi) is 9.46. The smallest absolute Gasteiger partial charge is 0.167 e. The van der Waals surface area contributed by atoms with E-state index in [1.807, 2.05) is 37.6 Å². The lowest BCUT2D eigenvalue weighted by atomic mass is 9.66. The molecule has 0 bridgehead atoms. The topological polar surface area (TPSA) is 70.7 Å². The van der Waals surface area contributed by atoms with E-state index in [1.54, 1.807) is 6.07 Å². The number of halogens is 2. The molecule has 42 heavy (non-hydrogen) atoms. The van der Waals surface area contributed by atoms with Crippen molar-refractivity contribution >= 4 is 29.3 Å². The molecule has 3 aromatic rings. The highest BCUT2D eigenvalue weighted by atomic mass is 19.1. The third-order valence-electron chi connectivity index (χ3n) is 9.06. The third kappa shape index (κ3) is 6.31. The maximum atomic E-state index is 15.2. The minimum Gasteiger partial charge on any atom is -0.351 e. The van der Waals surface area contributed by atoms with Gasteiger partial charge in [-0.15, -0.1) is 0 Å². The number of anilines is 1. The summed E-state index contributed by atoms with van der Waals surface area (Å²) < 4.78 is 32.2. The zero-order valence-electron chi connectivity index (χ0n) is 25.3. The van der Waals surface area contributed by atoms with Gasteiger partial charge in [0.1, 0.15) is 29.5 Å². The van der Waals surface area contributed by atoms with Crippen LogP contribution in [0.5, 0.6) is 0 Å². The molecule has 1 aliphatic heterocycles. The number of nitrogens with one attached hydrogen (secondary N) is 1. The molecule has 1 atom stereocenters. The number of likely N-dealkylation sites (tertiary alicyclic amines) is 1. The van der Waals surface area contributed by atoms with Crippen molar-refractivity contribution in [1.29, 1.82) is 0 Å². The maximum Gasteiger partial charge on any atom is 0.167 e. The number of nitrogens with zero attached hydrogens (tertiary/aromatic N) is 6. The van der Waals surface area contributed by atoms with Gasteiger partial charge in [-0.1, -0.05) is 19.4 Å². The van der Waals surface area contributed by atoms with Crippen molar-refractivity contribution in [3.05, 3.63) is 65.3 Å². The van der Waals surface area contributed by atoms with Gasteiger partial charge in [0, 0.05) is 17.8 Å². The summed E-state index contributed by atoms with van der Waals surface area (Å²) in [7, 11) is 0. The second kappa shape index (κ2) is 13.2. The number of rotatable bonds is 11. The average Bonchev–Trinajstić information content (AvgIpc) is 3.30. The predicted octanol–water partition coefficient (Wildman–Crippen LogP) is 7.45. The molecule has 1 saturated heterocycles. The lowest BCUT2D eigenvalue weighted by Crippen LogP contribution is -2.38. The molecule has 1 aromatic carbocycles. The van der Waals surface area contributed by atoms with Crippen LogP contribution in [0.15, 0.2) is 52.5 Å². The number of aromatic nitrogens is 3. The van der Waals surface area contributed by atoms with Crippen LogP contribution in [-0.4, -0.2) is 58.2 Å². The van der Waals surface area contributed by atoms with E-state index in [1.165, 1.54) is 56.8 Å². The Balaban J connectivity index is 1.35. The first kappa shape index (κ1) is 30.0. The van der Waals surface area contributed by atoms with Crippen LogP contribution >= 0.6 is 0 Å². The molecular formula is C33H43F2N7. The van der Waals surface area contributed by atoms with E-state index in [4.69, 9.17) is 4.98 Å². The number of fused-ring (bicyclic) bond motifs is 1. The van der Waals surface area contributed by atoms with E-state index in [2.05, 4.69) is 44.9 Å². The summed E-state index contributed by atoms with van der Waals surface area (Å²) in [5, 5.41) is 3.19. The van der Waals surface area contributed by atoms with Crippen LogP contribution < -0.4 is 5.32 Å². The van der Waals surface area contributed by atoms with E-state index in [0.717, 1.165) is 18.7 Å². The number of hydrogen-bond donors (Lipinski definition) is 1. The monoisotopic (exact) mass is 575 g/mol. The molecule has 1 aliphatic carbocycles. The van der Waals surface area contributed by atoms with E-state index in [9.17, 15) is 0 Å². The Bertz CT molecular complexity index is 1450. The molecule has 2 fully saturated rings. The first-order valence-electron chi connectivity index (χ1n) is 15.3. The van der Waals surface area contributed by atoms with Crippen LogP contribution in [-0.2, 0) is 0 Å². The van der Waals surface area contributed by atoms with Crippen LogP contribution in [0, 0.1) is 24.6 Å². The first-order chi connectivity index (χ1) is 20.3. The number of benzene rings is 1. The molecule has 0 radical (unpaired) electrons. The molecule has 224 valence electrons. The van der Waals surface area contributed by atoms with E-state index in [0.29, 0.717) is 34.6 Å². The standard InChI is InChI=1S/C33H43F2N7/c1-6-41-14-12-24(13-15-41)31(23-8-7-9-23)25-10-11-30(37-18-25)38-20-39-32(28(35)19-36-5)26-16-27(34)33-29(17-26)42(21(2)3)22(4)40-33/h10-11,16-19,21,23-24,31H,5-9,12-15,20H2,1-4H3,(H,37,38)/b28-19+,39-32?. The van der Waals surface area contributed by atoms with Crippen molar-refractivity contribution in [2.45, 2.75) is 71.8 Å². The van der Waals surface area contributed by atoms with E-state index >= 15 is 8.78 Å². The van der Waals surface area contributed by atoms with Crippen molar-refractivity contribution in [2.75, 3.05) is 31.6 Å². The molecule has 1 unspecified atom stereocenters. The van der Waals surface area contributed by atoms with Gasteiger partial charge >= 0.3 is 0 Å². The summed E-state index contributed by atoms with van der Waals surface area (Å²) in [5.74, 6) is 2.15. The fourth-order valence-electron chi connectivity index (χ4n) is 6.77. The second-order valence-corrected chi connectivity index (χ2v) is 11.9. The molecule has 2 aliphatic rings. The van der Waals surface area contributed by atoms with Crippen molar-refractivity contribution < 1.29 is 8.78 Å². The maximum absolute atomic E-state index is 15.2. The highest BCUT2D eigenvalue weighted by Gasteiger charge is 2.36. The molecule has 1 saturated carbocycles. The molecular weight excluding hydrogens is 532 g/mol. The van der Waals surface area contributed by atoms with Gasteiger partial charge in [-0.05, 0) is 114 Å². The predicted molar refractivity (Wildman–Crippen MR) is 168 cm³/mol.